The second-order valence-corrected chi connectivity index (χ2v) is 7.83. The number of alkyl halides is 3. The Bertz CT molecular complexity index is 1350. The van der Waals surface area contributed by atoms with Crippen LogP contribution in [0, 0.1) is 0 Å². The molecule has 0 spiro atoms. The average molecular weight is 481 g/mol. The summed E-state index contributed by atoms with van der Waals surface area (Å²) in [4.78, 5) is 16.8. The highest BCUT2D eigenvalue weighted by atomic mass is 19.4. The van der Waals surface area contributed by atoms with Crippen LogP contribution in [0.4, 0.5) is 13.2 Å². The Morgan fingerprint density at radius 2 is 1.54 bits per heavy atom. The fraction of sp³-hybridized carbons (Fsp3) is 0.185. The van der Waals surface area contributed by atoms with Crippen LogP contribution in [-0.2, 0) is 23.8 Å². The van der Waals surface area contributed by atoms with Crippen LogP contribution < -0.4 is 14.2 Å². The van der Waals surface area contributed by atoms with Gasteiger partial charge in [0.1, 0.15) is 17.3 Å². The van der Waals surface area contributed by atoms with Gasteiger partial charge in [-0.25, -0.2) is 0 Å². The van der Waals surface area contributed by atoms with Crippen LogP contribution in [0.15, 0.2) is 72.9 Å². The average Bonchev–Trinajstić information content (AvgIpc) is 2.84. The van der Waals surface area contributed by atoms with E-state index in [9.17, 15) is 18.0 Å². The third-order valence-electron chi connectivity index (χ3n) is 5.47. The van der Waals surface area contributed by atoms with Crippen LogP contribution in [0.3, 0.4) is 0 Å². The largest absolute Gasteiger partial charge is 0.493 e. The van der Waals surface area contributed by atoms with E-state index in [1.807, 2.05) is 0 Å². The Balaban J connectivity index is 1.48. The van der Waals surface area contributed by atoms with Gasteiger partial charge in [-0.2, -0.15) is 13.2 Å². The van der Waals surface area contributed by atoms with E-state index in [0.29, 0.717) is 34.1 Å². The summed E-state index contributed by atoms with van der Waals surface area (Å²) in [7, 11) is 3.09. The van der Waals surface area contributed by atoms with E-state index in [1.54, 1.807) is 62.9 Å². The van der Waals surface area contributed by atoms with Gasteiger partial charge in [-0.1, -0.05) is 30.3 Å². The number of Topliss-reactive ketones (excluding diaryl/α,β-unsaturated/α-hetero) is 1. The minimum atomic E-state index is -4.50. The number of fused-ring (bicyclic) bond motifs is 1. The van der Waals surface area contributed by atoms with Crippen molar-refractivity contribution >= 4 is 16.7 Å². The smallest absolute Gasteiger partial charge is 0.416 e. The van der Waals surface area contributed by atoms with E-state index in [-0.39, 0.29) is 24.2 Å². The first-order chi connectivity index (χ1) is 16.8. The van der Waals surface area contributed by atoms with Crippen LogP contribution >= 0.6 is 0 Å². The second-order valence-electron chi connectivity index (χ2n) is 7.83. The highest BCUT2D eigenvalue weighted by Crippen LogP contribution is 2.37. The van der Waals surface area contributed by atoms with Gasteiger partial charge in [0, 0.05) is 30.5 Å². The molecule has 0 N–H and O–H groups in total. The zero-order chi connectivity index (χ0) is 25.0. The first-order valence-corrected chi connectivity index (χ1v) is 10.7. The Morgan fingerprint density at radius 3 is 2.23 bits per heavy atom. The van der Waals surface area contributed by atoms with E-state index >= 15 is 0 Å². The summed E-state index contributed by atoms with van der Waals surface area (Å²) in [6.45, 7) is 0. The first-order valence-electron chi connectivity index (χ1n) is 10.7. The highest BCUT2D eigenvalue weighted by molar-refractivity contribution is 5.88. The molecule has 4 aromatic rings. The number of aromatic nitrogens is 1. The van der Waals surface area contributed by atoms with Gasteiger partial charge in [0.2, 0.25) is 0 Å². The van der Waals surface area contributed by atoms with Crippen molar-refractivity contribution in [2.75, 3.05) is 14.2 Å². The lowest BCUT2D eigenvalue weighted by Crippen LogP contribution is -2.13. The fourth-order valence-electron chi connectivity index (χ4n) is 3.79. The van der Waals surface area contributed by atoms with Crippen molar-refractivity contribution in [2.24, 2.45) is 0 Å². The molecule has 5 nitrogen and oxygen atoms in total. The quantitative estimate of drug-likeness (QED) is 0.291. The Kier molecular flexibility index (Phi) is 6.91. The predicted molar refractivity (Wildman–Crippen MR) is 125 cm³/mol. The van der Waals surface area contributed by atoms with Gasteiger partial charge < -0.3 is 14.2 Å². The number of pyridine rings is 1. The van der Waals surface area contributed by atoms with Crippen molar-refractivity contribution in [1.29, 1.82) is 0 Å². The third kappa shape index (κ3) is 5.54. The summed E-state index contributed by atoms with van der Waals surface area (Å²) in [5.74, 6) is 1.88. The Hall–Kier alpha value is -4.07. The molecule has 8 heteroatoms. The van der Waals surface area contributed by atoms with Gasteiger partial charge in [-0.15, -0.1) is 0 Å². The molecule has 0 aliphatic rings. The molecule has 0 unspecified atom stereocenters. The molecule has 0 radical (unpaired) electrons. The minimum absolute atomic E-state index is 0.0155. The van der Waals surface area contributed by atoms with Crippen molar-refractivity contribution in [2.45, 2.75) is 19.0 Å². The van der Waals surface area contributed by atoms with Crippen molar-refractivity contribution in [3.63, 3.8) is 0 Å². The number of ether oxygens (including phenoxy) is 3. The molecule has 0 saturated heterocycles. The molecule has 3 aromatic carbocycles. The minimum Gasteiger partial charge on any atom is -0.493 e. The van der Waals surface area contributed by atoms with E-state index in [2.05, 4.69) is 4.98 Å². The molecule has 1 heterocycles. The molecule has 180 valence electrons. The van der Waals surface area contributed by atoms with Gasteiger partial charge in [0.15, 0.2) is 11.5 Å². The van der Waals surface area contributed by atoms with Gasteiger partial charge in [-0.05, 0) is 41.5 Å². The van der Waals surface area contributed by atoms with Crippen LogP contribution in [-0.4, -0.2) is 25.0 Å². The number of benzene rings is 3. The van der Waals surface area contributed by atoms with Gasteiger partial charge >= 0.3 is 6.18 Å². The molecule has 0 aliphatic heterocycles. The molecular weight excluding hydrogens is 459 g/mol. The molecule has 0 bridgehead atoms. The summed E-state index contributed by atoms with van der Waals surface area (Å²) in [5.41, 5.74) is 0.539. The van der Waals surface area contributed by atoms with Crippen molar-refractivity contribution < 1.29 is 32.2 Å². The number of hydrogen-bond donors (Lipinski definition) is 0. The number of hydrogen-bond acceptors (Lipinski definition) is 5. The normalized spacial score (nSPS) is 11.3. The molecule has 0 atom stereocenters. The molecule has 0 amide bonds. The lowest BCUT2D eigenvalue weighted by molar-refractivity contribution is -0.138. The third-order valence-corrected chi connectivity index (χ3v) is 5.47. The summed E-state index contributed by atoms with van der Waals surface area (Å²) >= 11 is 0. The molecule has 4 rings (SSSR count). The van der Waals surface area contributed by atoms with E-state index < -0.39 is 11.7 Å². The lowest BCUT2D eigenvalue weighted by Gasteiger charge is -2.13. The number of carbonyl (C=O) groups is 1. The predicted octanol–water partition coefficient (Wildman–Crippen LogP) is 6.42. The number of methoxy groups -OCH3 is 2. The molecule has 1 aromatic heterocycles. The van der Waals surface area contributed by atoms with E-state index in [4.69, 9.17) is 14.2 Å². The number of halogens is 3. The summed E-state index contributed by atoms with van der Waals surface area (Å²) < 4.78 is 56.3. The maximum atomic E-state index is 13.2. The number of rotatable bonds is 8. The SMILES string of the molecule is COc1cc2nccc(Oc3ccc(CC(=O)Cc4ccccc4C(F)(F)F)cc3)c2cc1OC. The topological polar surface area (TPSA) is 57.7 Å². The van der Waals surface area contributed by atoms with Crippen molar-refractivity contribution in [1.82, 2.24) is 4.98 Å². The molecule has 0 fully saturated rings. The molecular formula is C27H22F3NO4. The number of ketones is 1. The summed E-state index contributed by atoms with van der Waals surface area (Å²) in [6, 6.07) is 17.3. The molecule has 0 aliphatic carbocycles. The lowest BCUT2D eigenvalue weighted by atomic mass is 9.98. The van der Waals surface area contributed by atoms with Gasteiger partial charge in [0.25, 0.3) is 0 Å². The van der Waals surface area contributed by atoms with Gasteiger partial charge in [-0.3, -0.25) is 9.78 Å². The second kappa shape index (κ2) is 10.0. The monoisotopic (exact) mass is 481 g/mol. The van der Waals surface area contributed by atoms with E-state index in [0.717, 1.165) is 11.5 Å². The maximum Gasteiger partial charge on any atom is 0.416 e. The Morgan fingerprint density at radius 1 is 0.857 bits per heavy atom. The van der Waals surface area contributed by atoms with Crippen molar-refractivity contribution in [3.8, 4) is 23.0 Å². The molecule has 35 heavy (non-hydrogen) atoms. The van der Waals surface area contributed by atoms with Crippen molar-refractivity contribution in [3.05, 3.63) is 89.6 Å². The van der Waals surface area contributed by atoms with Crippen LogP contribution in [0.1, 0.15) is 16.7 Å². The fourth-order valence-corrected chi connectivity index (χ4v) is 3.79. The highest BCUT2D eigenvalue weighted by Gasteiger charge is 2.33. The molecule has 0 saturated carbocycles. The maximum absolute atomic E-state index is 13.2. The number of carbonyl (C=O) groups excluding carboxylic acids is 1. The van der Waals surface area contributed by atoms with Gasteiger partial charge in [0.05, 0.1) is 25.3 Å². The van der Waals surface area contributed by atoms with E-state index in [1.165, 1.54) is 18.2 Å². The Labute approximate surface area is 200 Å². The standard InChI is InChI=1S/C27H22F3NO4/c1-33-25-15-21-23(16-26(25)34-2)31-12-11-24(21)35-20-9-7-17(8-10-20)13-19(32)14-18-5-3-4-6-22(18)27(28,29)30/h3-12,15-16H,13-14H2,1-2H3. The van der Waals surface area contributed by atoms with Crippen LogP contribution in [0.25, 0.3) is 10.9 Å². The summed E-state index contributed by atoms with van der Waals surface area (Å²) in [5, 5.41) is 0.729. The zero-order valence-electron chi connectivity index (χ0n) is 19.1. The summed E-state index contributed by atoms with van der Waals surface area (Å²) in [6.07, 6.45) is -3.15. The first kappa shape index (κ1) is 24.1. The van der Waals surface area contributed by atoms with Crippen LogP contribution in [0.2, 0.25) is 0 Å². The number of nitrogens with zero attached hydrogens (tertiary/aromatic N) is 1. The zero-order valence-corrected chi connectivity index (χ0v) is 19.1. The van der Waals surface area contributed by atoms with Crippen LogP contribution in [0.5, 0.6) is 23.0 Å².